The van der Waals surface area contributed by atoms with Crippen molar-refractivity contribution in [1.29, 1.82) is 0 Å². The van der Waals surface area contributed by atoms with Crippen molar-refractivity contribution in [2.45, 2.75) is 19.9 Å². The van der Waals surface area contributed by atoms with E-state index >= 15 is 0 Å². The van der Waals surface area contributed by atoms with Gasteiger partial charge in [0, 0.05) is 11.8 Å². The summed E-state index contributed by atoms with van der Waals surface area (Å²) in [5.41, 5.74) is 0.571. The van der Waals surface area contributed by atoms with Crippen molar-refractivity contribution in [3.63, 3.8) is 0 Å². The first kappa shape index (κ1) is 15.9. The van der Waals surface area contributed by atoms with Gasteiger partial charge in [0.2, 0.25) is 12.7 Å². The lowest BCUT2D eigenvalue weighted by Gasteiger charge is -2.21. The summed E-state index contributed by atoms with van der Waals surface area (Å²) in [5.74, 6) is 0.533. The third kappa shape index (κ3) is 3.34. The van der Waals surface area contributed by atoms with Gasteiger partial charge in [-0.15, -0.1) is 0 Å². The Morgan fingerprint density at radius 3 is 2.62 bits per heavy atom. The summed E-state index contributed by atoms with van der Waals surface area (Å²) in [5, 5.41) is 5.47. The second kappa shape index (κ2) is 6.66. The minimum atomic E-state index is -0.701. The Morgan fingerprint density at radius 1 is 1.12 bits per heavy atom. The molecule has 2 amide bonds. The number of carbonyl (C=O) groups is 2. The van der Waals surface area contributed by atoms with Crippen molar-refractivity contribution in [3.05, 3.63) is 42.4 Å². The van der Waals surface area contributed by atoms with Gasteiger partial charge in [0.1, 0.15) is 6.04 Å². The fraction of sp³-hybridized carbons (Fsp3) is 0.294. The van der Waals surface area contributed by atoms with Gasteiger partial charge >= 0.3 is 0 Å². The van der Waals surface area contributed by atoms with Crippen LogP contribution in [-0.2, 0) is 4.79 Å². The van der Waals surface area contributed by atoms with E-state index in [2.05, 4.69) is 10.6 Å². The number of furan rings is 1. The monoisotopic (exact) mass is 330 g/mol. The minimum Gasteiger partial charge on any atom is -0.459 e. The van der Waals surface area contributed by atoms with Gasteiger partial charge in [0.15, 0.2) is 17.3 Å². The lowest BCUT2D eigenvalue weighted by molar-refractivity contribution is -0.118. The molecule has 1 aromatic heterocycles. The van der Waals surface area contributed by atoms with Crippen molar-refractivity contribution in [2.75, 3.05) is 12.1 Å². The van der Waals surface area contributed by atoms with E-state index in [9.17, 15) is 9.59 Å². The molecular formula is C17H18N2O5. The van der Waals surface area contributed by atoms with Crippen molar-refractivity contribution in [3.8, 4) is 11.5 Å². The number of carbonyl (C=O) groups excluding carboxylic acids is 2. The van der Waals surface area contributed by atoms with Crippen LogP contribution >= 0.6 is 0 Å². The Bertz CT molecular complexity index is 739. The Hall–Kier alpha value is -2.96. The summed E-state index contributed by atoms with van der Waals surface area (Å²) in [6, 6.07) is 7.59. The molecule has 1 aromatic carbocycles. The molecule has 0 radical (unpaired) electrons. The largest absolute Gasteiger partial charge is 0.459 e. The van der Waals surface area contributed by atoms with Crippen LogP contribution in [0.1, 0.15) is 24.4 Å². The van der Waals surface area contributed by atoms with Crippen molar-refractivity contribution >= 4 is 17.5 Å². The molecule has 7 heteroatoms. The van der Waals surface area contributed by atoms with Crippen LogP contribution in [0.5, 0.6) is 11.5 Å². The van der Waals surface area contributed by atoms with Gasteiger partial charge in [0.25, 0.3) is 5.91 Å². The maximum atomic E-state index is 12.5. The highest BCUT2D eigenvalue weighted by Crippen LogP contribution is 2.34. The number of amides is 2. The number of anilines is 1. The maximum absolute atomic E-state index is 12.5. The predicted octanol–water partition coefficient (Wildman–Crippen LogP) is 2.40. The third-order valence-corrected chi connectivity index (χ3v) is 3.62. The van der Waals surface area contributed by atoms with Gasteiger partial charge in [-0.2, -0.15) is 0 Å². The van der Waals surface area contributed by atoms with Gasteiger partial charge in [-0.25, -0.2) is 0 Å². The normalized spacial score (nSPS) is 13.6. The van der Waals surface area contributed by atoms with Crippen LogP contribution in [0.3, 0.4) is 0 Å². The van der Waals surface area contributed by atoms with Gasteiger partial charge < -0.3 is 24.5 Å². The van der Waals surface area contributed by atoms with E-state index in [1.54, 1.807) is 30.3 Å². The molecule has 126 valence electrons. The molecule has 3 rings (SSSR count). The number of fused-ring (bicyclic) bond motifs is 1. The predicted molar refractivity (Wildman–Crippen MR) is 86.0 cm³/mol. The van der Waals surface area contributed by atoms with Gasteiger partial charge in [-0.05, 0) is 30.2 Å². The van der Waals surface area contributed by atoms with Crippen molar-refractivity contribution in [2.24, 2.45) is 5.92 Å². The quantitative estimate of drug-likeness (QED) is 0.878. The second-order valence-corrected chi connectivity index (χ2v) is 5.73. The zero-order valence-electron chi connectivity index (χ0n) is 13.4. The summed E-state index contributed by atoms with van der Waals surface area (Å²) < 4.78 is 15.6. The smallest absolute Gasteiger partial charge is 0.287 e. The Balaban J connectivity index is 1.69. The molecule has 1 aliphatic rings. The number of hydrogen-bond donors (Lipinski definition) is 2. The molecule has 1 aliphatic heterocycles. The lowest BCUT2D eigenvalue weighted by atomic mass is 10.0. The molecule has 0 unspecified atom stereocenters. The fourth-order valence-electron chi connectivity index (χ4n) is 2.35. The van der Waals surface area contributed by atoms with Crippen LogP contribution in [0.25, 0.3) is 0 Å². The molecule has 7 nitrogen and oxygen atoms in total. The summed E-state index contributed by atoms with van der Waals surface area (Å²) in [7, 11) is 0. The van der Waals surface area contributed by atoms with Crippen LogP contribution < -0.4 is 20.1 Å². The van der Waals surface area contributed by atoms with Gasteiger partial charge in [-0.3, -0.25) is 9.59 Å². The molecule has 24 heavy (non-hydrogen) atoms. The molecule has 0 saturated heterocycles. The van der Waals surface area contributed by atoms with E-state index in [0.717, 1.165) is 0 Å². The standard InChI is InChI=1S/C17H18N2O5/c1-10(2)15(19-16(20)13-4-3-7-22-13)17(21)18-11-5-6-12-14(8-11)24-9-23-12/h3-8,10,15H,9H2,1-2H3,(H,18,21)(H,19,20)/t15-/m0/s1. The minimum absolute atomic E-state index is 0.0991. The first-order valence-electron chi connectivity index (χ1n) is 7.59. The summed E-state index contributed by atoms with van der Waals surface area (Å²) in [6.07, 6.45) is 1.41. The number of hydrogen-bond acceptors (Lipinski definition) is 5. The van der Waals surface area contributed by atoms with Gasteiger partial charge in [0.05, 0.1) is 6.26 Å². The summed E-state index contributed by atoms with van der Waals surface area (Å²) >= 11 is 0. The lowest BCUT2D eigenvalue weighted by Crippen LogP contribution is -2.47. The first-order valence-corrected chi connectivity index (χ1v) is 7.59. The Labute approximate surface area is 138 Å². The van der Waals surface area contributed by atoms with Crippen molar-refractivity contribution in [1.82, 2.24) is 5.32 Å². The topological polar surface area (TPSA) is 89.8 Å². The molecular weight excluding hydrogens is 312 g/mol. The highest BCUT2D eigenvalue weighted by atomic mass is 16.7. The summed E-state index contributed by atoms with van der Waals surface area (Å²) in [4.78, 5) is 24.6. The molecule has 2 N–H and O–H groups in total. The number of benzene rings is 1. The molecule has 0 bridgehead atoms. The average Bonchev–Trinajstić information content (AvgIpc) is 3.22. The van der Waals surface area contributed by atoms with E-state index in [1.807, 2.05) is 13.8 Å². The van der Waals surface area contributed by atoms with E-state index < -0.39 is 11.9 Å². The van der Waals surface area contributed by atoms with E-state index in [0.29, 0.717) is 17.2 Å². The summed E-state index contributed by atoms with van der Waals surface area (Å²) in [6.45, 7) is 3.87. The number of nitrogens with one attached hydrogen (secondary N) is 2. The van der Waals surface area contributed by atoms with E-state index in [1.165, 1.54) is 6.26 Å². The van der Waals surface area contributed by atoms with Crippen LogP contribution in [-0.4, -0.2) is 24.6 Å². The highest BCUT2D eigenvalue weighted by Gasteiger charge is 2.26. The van der Waals surface area contributed by atoms with Crippen LogP contribution in [0.2, 0.25) is 0 Å². The SMILES string of the molecule is CC(C)[C@H](NC(=O)c1ccco1)C(=O)Nc1ccc2c(c1)OCO2. The zero-order valence-corrected chi connectivity index (χ0v) is 13.4. The second-order valence-electron chi connectivity index (χ2n) is 5.73. The molecule has 2 heterocycles. The molecule has 1 atom stereocenters. The van der Waals surface area contributed by atoms with Crippen molar-refractivity contribution < 1.29 is 23.5 Å². The van der Waals surface area contributed by atoms with E-state index in [4.69, 9.17) is 13.9 Å². The zero-order chi connectivity index (χ0) is 17.1. The number of rotatable bonds is 5. The molecule has 0 saturated carbocycles. The molecule has 0 aliphatic carbocycles. The molecule has 0 fully saturated rings. The van der Waals surface area contributed by atoms with E-state index in [-0.39, 0.29) is 24.4 Å². The van der Waals surface area contributed by atoms with Gasteiger partial charge in [-0.1, -0.05) is 13.8 Å². The highest BCUT2D eigenvalue weighted by molar-refractivity contribution is 6.00. The van der Waals surface area contributed by atoms with Crippen LogP contribution in [0.4, 0.5) is 5.69 Å². The number of ether oxygens (including phenoxy) is 2. The Kier molecular flexibility index (Phi) is 4.41. The Morgan fingerprint density at radius 2 is 1.92 bits per heavy atom. The van der Waals surface area contributed by atoms with Crippen LogP contribution in [0.15, 0.2) is 41.0 Å². The molecule has 0 spiro atoms. The third-order valence-electron chi connectivity index (χ3n) is 3.62. The first-order chi connectivity index (χ1) is 11.5. The van der Waals surface area contributed by atoms with Crippen LogP contribution in [0, 0.1) is 5.92 Å². The fourth-order valence-corrected chi connectivity index (χ4v) is 2.35. The maximum Gasteiger partial charge on any atom is 0.287 e. The average molecular weight is 330 g/mol. The molecule has 2 aromatic rings.